The lowest BCUT2D eigenvalue weighted by Crippen LogP contribution is -2.00. The summed E-state index contributed by atoms with van der Waals surface area (Å²) in [7, 11) is 0. The van der Waals surface area contributed by atoms with E-state index in [1.165, 1.54) is 0 Å². The van der Waals surface area contributed by atoms with Crippen LogP contribution in [0.25, 0.3) is 0 Å². The summed E-state index contributed by atoms with van der Waals surface area (Å²) in [5.41, 5.74) is 3.54. The van der Waals surface area contributed by atoms with Crippen LogP contribution in [0.5, 0.6) is 6.01 Å². The molecule has 1 aromatic carbocycles. The topological polar surface area (TPSA) is 47.4 Å². The molecule has 2 rings (SSSR count). The fraction of sp³-hybridized carbons (Fsp3) is 0.214. The summed E-state index contributed by atoms with van der Waals surface area (Å²) in [6.45, 7) is 5.68. The lowest BCUT2D eigenvalue weighted by atomic mass is 10.1. The fourth-order valence-corrected chi connectivity index (χ4v) is 1.58. The van der Waals surface area contributed by atoms with Gasteiger partial charge < -0.3 is 4.84 Å². The number of oxime groups is 1. The summed E-state index contributed by atoms with van der Waals surface area (Å²) < 4.78 is 0. The molecule has 0 atom stereocenters. The molecule has 0 unspecified atom stereocenters. The van der Waals surface area contributed by atoms with E-state index in [9.17, 15) is 0 Å². The molecular formula is C14H15N3O. The SMILES string of the molecule is C/C(=N\Oc1nc(C)cc(C)n1)c1ccccc1. The standard InChI is InChI=1S/C14H15N3O/c1-10-9-11(2)16-14(15-10)18-17-12(3)13-7-5-4-6-8-13/h4-9H,1-3H3/b17-12+. The van der Waals surface area contributed by atoms with E-state index in [1.54, 1.807) is 0 Å². The van der Waals surface area contributed by atoms with E-state index in [0.29, 0.717) is 0 Å². The maximum Gasteiger partial charge on any atom is 0.346 e. The van der Waals surface area contributed by atoms with Gasteiger partial charge in [0.05, 0.1) is 5.71 Å². The van der Waals surface area contributed by atoms with Gasteiger partial charge >= 0.3 is 6.01 Å². The minimum Gasteiger partial charge on any atom is -0.315 e. The summed E-state index contributed by atoms with van der Waals surface area (Å²) >= 11 is 0. The molecule has 0 N–H and O–H groups in total. The van der Waals surface area contributed by atoms with Gasteiger partial charge in [-0.3, -0.25) is 0 Å². The van der Waals surface area contributed by atoms with E-state index in [2.05, 4.69) is 15.1 Å². The van der Waals surface area contributed by atoms with Crippen molar-refractivity contribution in [2.45, 2.75) is 20.8 Å². The van der Waals surface area contributed by atoms with Gasteiger partial charge in [-0.15, -0.1) is 0 Å². The first kappa shape index (κ1) is 12.2. The van der Waals surface area contributed by atoms with Crippen LogP contribution in [-0.2, 0) is 0 Å². The van der Waals surface area contributed by atoms with Crippen LogP contribution in [0.1, 0.15) is 23.9 Å². The highest BCUT2D eigenvalue weighted by Gasteiger charge is 2.01. The van der Waals surface area contributed by atoms with E-state index < -0.39 is 0 Å². The zero-order valence-corrected chi connectivity index (χ0v) is 10.7. The molecule has 92 valence electrons. The van der Waals surface area contributed by atoms with Gasteiger partial charge in [-0.05, 0) is 32.4 Å². The van der Waals surface area contributed by atoms with Gasteiger partial charge in [-0.1, -0.05) is 35.5 Å². The van der Waals surface area contributed by atoms with Gasteiger partial charge in [0, 0.05) is 11.4 Å². The molecule has 0 saturated carbocycles. The Morgan fingerprint density at radius 1 is 1.06 bits per heavy atom. The summed E-state index contributed by atoms with van der Waals surface area (Å²) in [6, 6.07) is 12.0. The van der Waals surface area contributed by atoms with Gasteiger partial charge in [0.2, 0.25) is 0 Å². The maximum atomic E-state index is 5.25. The number of aryl methyl sites for hydroxylation is 2. The monoisotopic (exact) mass is 241 g/mol. The number of hydrogen-bond acceptors (Lipinski definition) is 4. The van der Waals surface area contributed by atoms with Gasteiger partial charge in [0.25, 0.3) is 0 Å². The van der Waals surface area contributed by atoms with Gasteiger partial charge in [-0.25, -0.2) is 0 Å². The highest BCUT2D eigenvalue weighted by atomic mass is 16.6. The summed E-state index contributed by atoms with van der Waals surface area (Å²) in [5, 5.41) is 4.04. The van der Waals surface area contributed by atoms with Crippen LogP contribution < -0.4 is 4.84 Å². The van der Waals surface area contributed by atoms with Crippen molar-refractivity contribution in [3.8, 4) is 6.01 Å². The number of aromatic nitrogens is 2. The Balaban J connectivity index is 2.15. The normalized spacial score (nSPS) is 11.4. The summed E-state index contributed by atoms with van der Waals surface area (Å²) in [6.07, 6.45) is 0. The number of hydrogen-bond donors (Lipinski definition) is 0. The second kappa shape index (κ2) is 5.40. The molecule has 18 heavy (non-hydrogen) atoms. The van der Waals surface area contributed by atoms with Crippen LogP contribution in [0.3, 0.4) is 0 Å². The molecule has 0 fully saturated rings. The van der Waals surface area contributed by atoms with Crippen LogP contribution in [0.4, 0.5) is 0 Å². The number of benzene rings is 1. The molecule has 0 bridgehead atoms. The second-order valence-corrected chi connectivity index (χ2v) is 4.07. The highest BCUT2D eigenvalue weighted by molar-refractivity contribution is 5.98. The molecule has 1 heterocycles. The zero-order valence-electron chi connectivity index (χ0n) is 10.7. The number of rotatable bonds is 3. The van der Waals surface area contributed by atoms with E-state index in [4.69, 9.17) is 4.84 Å². The molecule has 4 heteroatoms. The Kier molecular flexibility index (Phi) is 3.67. The Morgan fingerprint density at radius 3 is 2.28 bits per heavy atom. The molecule has 0 aliphatic carbocycles. The largest absolute Gasteiger partial charge is 0.346 e. The molecule has 0 saturated heterocycles. The minimum atomic E-state index is 0.280. The van der Waals surface area contributed by atoms with Crippen molar-refractivity contribution in [2.75, 3.05) is 0 Å². The maximum absolute atomic E-state index is 5.25. The third-order valence-electron chi connectivity index (χ3n) is 2.42. The third kappa shape index (κ3) is 3.13. The van der Waals surface area contributed by atoms with Crippen LogP contribution in [0.2, 0.25) is 0 Å². The summed E-state index contributed by atoms with van der Waals surface area (Å²) in [5.74, 6) is 0. The average molecular weight is 241 g/mol. The van der Waals surface area contributed by atoms with Crippen LogP contribution in [0.15, 0.2) is 41.6 Å². The van der Waals surface area contributed by atoms with Gasteiger partial charge in [0.15, 0.2) is 0 Å². The molecular weight excluding hydrogens is 226 g/mol. The Morgan fingerprint density at radius 2 is 1.67 bits per heavy atom. The number of nitrogens with zero attached hydrogens (tertiary/aromatic N) is 3. The first-order valence-electron chi connectivity index (χ1n) is 5.74. The van der Waals surface area contributed by atoms with Crippen molar-refractivity contribution >= 4 is 5.71 Å². The molecule has 0 aliphatic rings. The molecule has 0 radical (unpaired) electrons. The second-order valence-electron chi connectivity index (χ2n) is 4.07. The third-order valence-corrected chi connectivity index (χ3v) is 2.42. The lowest BCUT2D eigenvalue weighted by molar-refractivity contribution is 0.311. The molecule has 1 aromatic heterocycles. The van der Waals surface area contributed by atoms with Crippen molar-refractivity contribution in [1.29, 1.82) is 0 Å². The van der Waals surface area contributed by atoms with E-state index in [0.717, 1.165) is 22.7 Å². The predicted octanol–water partition coefficient (Wildman–Crippen LogP) is 2.90. The van der Waals surface area contributed by atoms with Crippen molar-refractivity contribution < 1.29 is 4.84 Å². The molecule has 4 nitrogen and oxygen atoms in total. The smallest absolute Gasteiger partial charge is 0.315 e. The van der Waals surface area contributed by atoms with Crippen molar-refractivity contribution in [2.24, 2.45) is 5.16 Å². The molecule has 2 aromatic rings. The first-order chi connectivity index (χ1) is 8.65. The lowest BCUT2D eigenvalue weighted by Gasteiger charge is -2.02. The Labute approximate surface area is 106 Å². The summed E-state index contributed by atoms with van der Waals surface area (Å²) in [4.78, 5) is 13.6. The van der Waals surface area contributed by atoms with Crippen molar-refractivity contribution in [3.05, 3.63) is 53.3 Å². The quantitative estimate of drug-likeness (QED) is 0.613. The zero-order chi connectivity index (χ0) is 13.0. The van der Waals surface area contributed by atoms with E-state index in [1.807, 2.05) is 57.2 Å². The van der Waals surface area contributed by atoms with Crippen LogP contribution in [0, 0.1) is 13.8 Å². The minimum absolute atomic E-state index is 0.280. The molecule has 0 amide bonds. The van der Waals surface area contributed by atoms with E-state index in [-0.39, 0.29) is 6.01 Å². The van der Waals surface area contributed by atoms with Crippen molar-refractivity contribution in [1.82, 2.24) is 9.97 Å². The highest BCUT2D eigenvalue weighted by Crippen LogP contribution is 2.07. The fourth-order valence-electron chi connectivity index (χ4n) is 1.58. The van der Waals surface area contributed by atoms with Crippen LogP contribution in [-0.4, -0.2) is 15.7 Å². The van der Waals surface area contributed by atoms with Gasteiger partial charge in [-0.2, -0.15) is 9.97 Å². The van der Waals surface area contributed by atoms with Crippen LogP contribution >= 0.6 is 0 Å². The molecule has 0 spiro atoms. The average Bonchev–Trinajstić information content (AvgIpc) is 2.36. The Bertz CT molecular complexity index is 544. The van der Waals surface area contributed by atoms with Crippen molar-refractivity contribution in [3.63, 3.8) is 0 Å². The van der Waals surface area contributed by atoms with E-state index >= 15 is 0 Å². The predicted molar refractivity (Wildman–Crippen MR) is 70.8 cm³/mol. The van der Waals surface area contributed by atoms with Gasteiger partial charge in [0.1, 0.15) is 0 Å². The first-order valence-corrected chi connectivity index (χ1v) is 5.74. The molecule has 0 aliphatic heterocycles. The Hall–Kier alpha value is -2.23.